The zero-order valence-corrected chi connectivity index (χ0v) is 12.1. The summed E-state index contributed by atoms with van der Waals surface area (Å²) in [6, 6.07) is 6.08. The van der Waals surface area contributed by atoms with Gasteiger partial charge in [-0.15, -0.1) is 0 Å². The molecule has 1 fully saturated rings. The van der Waals surface area contributed by atoms with Crippen molar-refractivity contribution in [1.82, 2.24) is 0 Å². The maximum Gasteiger partial charge on any atom is 0.161 e. The summed E-state index contributed by atoms with van der Waals surface area (Å²) in [7, 11) is 0. The Kier molecular flexibility index (Phi) is 3.29. The van der Waals surface area contributed by atoms with Crippen LogP contribution in [0.4, 0.5) is 5.69 Å². The maximum atomic E-state index is 6.23. The summed E-state index contributed by atoms with van der Waals surface area (Å²) in [4.78, 5) is 4.89. The van der Waals surface area contributed by atoms with Gasteiger partial charge in [0.25, 0.3) is 0 Å². The monoisotopic (exact) mass is 280 g/mol. The third-order valence-electron chi connectivity index (χ3n) is 3.72. The normalized spacial score (nSPS) is 21.3. The molecule has 1 aromatic carbocycles. The quantitative estimate of drug-likeness (QED) is 0.820. The van der Waals surface area contributed by atoms with Gasteiger partial charge in [0, 0.05) is 5.75 Å². The molecule has 1 aliphatic heterocycles. The third-order valence-corrected chi connectivity index (χ3v) is 5.18. The second-order valence-corrected chi connectivity index (χ2v) is 6.62. The van der Waals surface area contributed by atoms with E-state index >= 15 is 0 Å². The molecule has 2 aliphatic rings. The first kappa shape index (κ1) is 12.4. The van der Waals surface area contributed by atoms with Gasteiger partial charge in [-0.2, -0.15) is 0 Å². The SMILES string of the molecule is Cc1ccc(NC2=NC3(CCCC3)CS2)c(Cl)c1. The molecule has 1 aromatic rings. The molecule has 4 heteroatoms. The Labute approximate surface area is 117 Å². The van der Waals surface area contributed by atoms with Crippen molar-refractivity contribution in [2.45, 2.75) is 38.1 Å². The summed E-state index contributed by atoms with van der Waals surface area (Å²) in [5.74, 6) is 1.12. The van der Waals surface area contributed by atoms with Crippen molar-refractivity contribution in [3.8, 4) is 0 Å². The molecule has 0 atom stereocenters. The molecule has 96 valence electrons. The van der Waals surface area contributed by atoms with Gasteiger partial charge in [-0.25, -0.2) is 0 Å². The van der Waals surface area contributed by atoms with Crippen molar-refractivity contribution < 1.29 is 0 Å². The van der Waals surface area contributed by atoms with Gasteiger partial charge in [-0.1, -0.05) is 42.3 Å². The Morgan fingerprint density at radius 1 is 1.33 bits per heavy atom. The van der Waals surface area contributed by atoms with Gasteiger partial charge >= 0.3 is 0 Å². The molecular formula is C14H17ClN2S. The lowest BCUT2D eigenvalue weighted by Crippen LogP contribution is -2.21. The van der Waals surface area contributed by atoms with Crippen molar-refractivity contribution in [2.24, 2.45) is 4.99 Å². The number of aliphatic imine (C=N–C) groups is 1. The molecule has 0 saturated heterocycles. The molecule has 18 heavy (non-hydrogen) atoms. The Hall–Kier alpha value is -0.670. The van der Waals surface area contributed by atoms with Gasteiger partial charge in [0.2, 0.25) is 0 Å². The Morgan fingerprint density at radius 2 is 2.11 bits per heavy atom. The summed E-state index contributed by atoms with van der Waals surface area (Å²) < 4.78 is 0. The van der Waals surface area contributed by atoms with Crippen LogP contribution in [0, 0.1) is 6.92 Å². The smallest absolute Gasteiger partial charge is 0.161 e. The van der Waals surface area contributed by atoms with Gasteiger partial charge in [0.05, 0.1) is 16.2 Å². The van der Waals surface area contributed by atoms with Crippen LogP contribution in [0.3, 0.4) is 0 Å². The topological polar surface area (TPSA) is 24.4 Å². The minimum atomic E-state index is 0.226. The van der Waals surface area contributed by atoms with E-state index in [4.69, 9.17) is 16.6 Å². The van der Waals surface area contributed by atoms with Gasteiger partial charge < -0.3 is 5.32 Å². The van der Waals surface area contributed by atoms with Crippen LogP contribution in [-0.2, 0) is 0 Å². The number of hydrogen-bond acceptors (Lipinski definition) is 3. The van der Waals surface area contributed by atoms with E-state index in [-0.39, 0.29) is 5.54 Å². The van der Waals surface area contributed by atoms with Crippen LogP contribution in [0.5, 0.6) is 0 Å². The number of rotatable bonds is 1. The predicted molar refractivity (Wildman–Crippen MR) is 80.9 cm³/mol. The highest BCUT2D eigenvalue weighted by atomic mass is 35.5. The highest BCUT2D eigenvalue weighted by Gasteiger charge is 2.38. The van der Waals surface area contributed by atoms with Crippen LogP contribution in [0.25, 0.3) is 0 Å². The maximum absolute atomic E-state index is 6.23. The van der Waals surface area contributed by atoms with Crippen LogP contribution in [0.2, 0.25) is 5.02 Å². The lowest BCUT2D eigenvalue weighted by molar-refractivity contribution is 0.508. The van der Waals surface area contributed by atoms with Gasteiger partial charge in [0.1, 0.15) is 0 Å². The standard InChI is InChI=1S/C14H17ClN2S/c1-10-4-5-12(11(15)8-10)16-13-17-14(9-18-13)6-2-3-7-14/h4-5,8H,2-3,6-7,9H2,1H3,(H,16,17). The summed E-state index contributed by atoms with van der Waals surface area (Å²) in [5, 5.41) is 5.17. The molecule has 0 aromatic heterocycles. The molecule has 0 bridgehead atoms. The predicted octanol–water partition coefficient (Wildman–Crippen LogP) is 4.48. The van der Waals surface area contributed by atoms with Gasteiger partial charge in [0.15, 0.2) is 5.17 Å². The summed E-state index contributed by atoms with van der Waals surface area (Å²) >= 11 is 8.06. The number of halogens is 1. The fraction of sp³-hybridized carbons (Fsp3) is 0.500. The number of benzene rings is 1. The highest BCUT2D eigenvalue weighted by Crippen LogP contribution is 2.41. The van der Waals surface area contributed by atoms with Crippen LogP contribution in [0.1, 0.15) is 31.2 Å². The van der Waals surface area contributed by atoms with Crippen LogP contribution >= 0.6 is 23.4 Å². The molecule has 3 rings (SSSR count). The van der Waals surface area contributed by atoms with Crippen molar-refractivity contribution in [3.63, 3.8) is 0 Å². The number of aryl methyl sites for hydroxylation is 1. The molecule has 1 aliphatic carbocycles. The summed E-state index contributed by atoms with van der Waals surface area (Å²) in [6.45, 7) is 2.05. The first-order chi connectivity index (χ1) is 8.67. The number of hydrogen-bond donors (Lipinski definition) is 1. The zero-order chi connectivity index (χ0) is 12.6. The molecular weight excluding hydrogens is 264 g/mol. The van der Waals surface area contributed by atoms with E-state index < -0.39 is 0 Å². The van der Waals surface area contributed by atoms with Crippen LogP contribution in [-0.4, -0.2) is 16.5 Å². The molecule has 1 N–H and O–H groups in total. The van der Waals surface area contributed by atoms with E-state index in [9.17, 15) is 0 Å². The largest absolute Gasteiger partial charge is 0.334 e. The van der Waals surface area contributed by atoms with Crippen LogP contribution < -0.4 is 5.32 Å². The van der Waals surface area contributed by atoms with Crippen molar-refractivity contribution in [3.05, 3.63) is 28.8 Å². The fourth-order valence-electron chi connectivity index (χ4n) is 2.67. The van der Waals surface area contributed by atoms with Crippen molar-refractivity contribution >= 4 is 34.2 Å². The van der Waals surface area contributed by atoms with Gasteiger partial charge in [-0.3, -0.25) is 4.99 Å². The van der Waals surface area contributed by atoms with E-state index in [0.717, 1.165) is 21.6 Å². The first-order valence-corrected chi connectivity index (χ1v) is 7.79. The van der Waals surface area contributed by atoms with Crippen LogP contribution in [0.15, 0.2) is 23.2 Å². The van der Waals surface area contributed by atoms with E-state index in [1.807, 2.05) is 30.8 Å². The second-order valence-electron chi connectivity index (χ2n) is 5.25. The lowest BCUT2D eigenvalue weighted by atomic mass is 10.0. The lowest BCUT2D eigenvalue weighted by Gasteiger charge is -2.16. The number of nitrogens with zero attached hydrogens (tertiary/aromatic N) is 1. The fourth-order valence-corrected chi connectivity index (χ4v) is 4.15. The van der Waals surface area contributed by atoms with E-state index in [0.29, 0.717) is 0 Å². The summed E-state index contributed by atoms with van der Waals surface area (Å²) in [6.07, 6.45) is 5.13. The molecule has 2 nitrogen and oxygen atoms in total. The first-order valence-electron chi connectivity index (χ1n) is 6.43. The highest BCUT2D eigenvalue weighted by molar-refractivity contribution is 8.14. The Balaban J connectivity index is 1.77. The molecule has 1 saturated carbocycles. The zero-order valence-electron chi connectivity index (χ0n) is 10.5. The number of amidine groups is 1. The van der Waals surface area contributed by atoms with E-state index in [1.165, 1.54) is 31.2 Å². The van der Waals surface area contributed by atoms with Gasteiger partial charge in [-0.05, 0) is 37.5 Å². The third kappa shape index (κ3) is 2.39. The average molecular weight is 281 g/mol. The number of anilines is 1. The number of thioether (sulfide) groups is 1. The summed E-state index contributed by atoms with van der Waals surface area (Å²) in [5.41, 5.74) is 2.37. The van der Waals surface area contributed by atoms with Crippen molar-refractivity contribution in [1.29, 1.82) is 0 Å². The minimum absolute atomic E-state index is 0.226. The number of nitrogens with one attached hydrogen (secondary N) is 1. The molecule has 1 spiro atoms. The van der Waals surface area contributed by atoms with E-state index in [1.54, 1.807) is 0 Å². The Bertz CT molecular complexity index is 493. The molecule has 0 radical (unpaired) electrons. The molecule has 0 amide bonds. The van der Waals surface area contributed by atoms with Crippen molar-refractivity contribution in [2.75, 3.05) is 11.1 Å². The van der Waals surface area contributed by atoms with E-state index in [2.05, 4.69) is 11.4 Å². The second kappa shape index (κ2) is 4.78. The molecule has 1 heterocycles. The minimum Gasteiger partial charge on any atom is -0.334 e. The Morgan fingerprint density at radius 3 is 2.83 bits per heavy atom. The molecule has 0 unspecified atom stereocenters. The average Bonchev–Trinajstić information content (AvgIpc) is 2.94.